The third kappa shape index (κ3) is 3.95. The summed E-state index contributed by atoms with van der Waals surface area (Å²) in [4.78, 5) is 0.202. The second-order valence-electron chi connectivity index (χ2n) is 4.21. The largest absolute Gasteiger partial charge is 0.316 e. The molecule has 1 atom stereocenters. The number of sulfonamides is 1. The van der Waals surface area contributed by atoms with Crippen LogP contribution in [0.2, 0.25) is 5.02 Å². The standard InChI is InChI=1S/C12H19ClN2O2S/c1-4-9(2)15-18(16,17)11-6-5-10(8-14-3)12(13)7-11/h5-7,9,14-15H,4,8H2,1-3H3. The van der Waals surface area contributed by atoms with Crippen molar-refractivity contribution in [2.45, 2.75) is 37.8 Å². The van der Waals surface area contributed by atoms with Crippen molar-refractivity contribution in [1.29, 1.82) is 0 Å². The molecule has 1 aromatic rings. The maximum atomic E-state index is 12.0. The van der Waals surface area contributed by atoms with E-state index in [2.05, 4.69) is 10.0 Å². The summed E-state index contributed by atoms with van der Waals surface area (Å²) in [7, 11) is -1.67. The molecular weight excluding hydrogens is 272 g/mol. The van der Waals surface area contributed by atoms with Crippen molar-refractivity contribution in [3.05, 3.63) is 28.8 Å². The summed E-state index contributed by atoms with van der Waals surface area (Å²) in [5.74, 6) is 0. The zero-order valence-corrected chi connectivity index (χ0v) is 12.4. The molecule has 0 heterocycles. The van der Waals surface area contributed by atoms with Gasteiger partial charge in [-0.1, -0.05) is 24.6 Å². The number of nitrogens with one attached hydrogen (secondary N) is 2. The van der Waals surface area contributed by atoms with Crippen molar-refractivity contribution in [2.24, 2.45) is 0 Å². The van der Waals surface area contributed by atoms with Crippen molar-refractivity contribution >= 4 is 21.6 Å². The highest BCUT2D eigenvalue weighted by Gasteiger charge is 2.17. The van der Waals surface area contributed by atoms with Gasteiger partial charge in [0.15, 0.2) is 0 Å². The summed E-state index contributed by atoms with van der Waals surface area (Å²) >= 11 is 6.05. The maximum absolute atomic E-state index is 12.0. The minimum Gasteiger partial charge on any atom is -0.316 e. The molecule has 4 nitrogen and oxygen atoms in total. The zero-order valence-electron chi connectivity index (χ0n) is 10.8. The van der Waals surface area contributed by atoms with Gasteiger partial charge in [-0.15, -0.1) is 0 Å². The van der Waals surface area contributed by atoms with Crippen LogP contribution in [-0.2, 0) is 16.6 Å². The molecule has 0 aromatic heterocycles. The van der Waals surface area contributed by atoms with E-state index in [1.807, 2.05) is 20.9 Å². The Morgan fingerprint density at radius 1 is 1.39 bits per heavy atom. The van der Waals surface area contributed by atoms with Crippen LogP contribution in [-0.4, -0.2) is 21.5 Å². The second-order valence-corrected chi connectivity index (χ2v) is 6.34. The van der Waals surface area contributed by atoms with E-state index in [0.29, 0.717) is 11.6 Å². The van der Waals surface area contributed by atoms with E-state index < -0.39 is 10.0 Å². The number of rotatable bonds is 6. The molecule has 0 bridgehead atoms. The molecule has 1 aromatic carbocycles. The van der Waals surface area contributed by atoms with Crippen LogP contribution in [0.5, 0.6) is 0 Å². The first-order chi connectivity index (χ1) is 8.40. The molecule has 1 unspecified atom stereocenters. The fourth-order valence-corrected chi connectivity index (χ4v) is 3.11. The Labute approximate surface area is 114 Å². The summed E-state index contributed by atoms with van der Waals surface area (Å²) in [6, 6.07) is 4.69. The molecule has 2 N–H and O–H groups in total. The Morgan fingerprint density at radius 3 is 2.56 bits per heavy atom. The molecule has 0 amide bonds. The fraction of sp³-hybridized carbons (Fsp3) is 0.500. The Kier molecular flexibility index (Phi) is 5.59. The normalized spacial score (nSPS) is 13.6. The van der Waals surface area contributed by atoms with E-state index in [4.69, 9.17) is 11.6 Å². The van der Waals surface area contributed by atoms with Gasteiger partial charge in [0.2, 0.25) is 10.0 Å². The lowest BCUT2D eigenvalue weighted by atomic mass is 10.2. The van der Waals surface area contributed by atoms with E-state index in [1.165, 1.54) is 6.07 Å². The summed E-state index contributed by atoms with van der Waals surface area (Å²) < 4.78 is 26.7. The molecule has 18 heavy (non-hydrogen) atoms. The van der Waals surface area contributed by atoms with Gasteiger partial charge in [0.25, 0.3) is 0 Å². The molecule has 0 aliphatic heterocycles. The third-order valence-electron chi connectivity index (χ3n) is 2.67. The molecule has 102 valence electrons. The van der Waals surface area contributed by atoms with E-state index >= 15 is 0 Å². The summed E-state index contributed by atoms with van der Waals surface area (Å²) in [5, 5.41) is 3.43. The van der Waals surface area contributed by atoms with Gasteiger partial charge in [0.05, 0.1) is 4.90 Å². The van der Waals surface area contributed by atoms with Crippen LogP contribution in [0.25, 0.3) is 0 Å². The van der Waals surface area contributed by atoms with Gasteiger partial charge in [-0.25, -0.2) is 13.1 Å². The molecule has 0 spiro atoms. The minimum atomic E-state index is -3.48. The summed E-state index contributed by atoms with van der Waals surface area (Å²) in [6.45, 7) is 4.36. The van der Waals surface area contributed by atoms with E-state index in [-0.39, 0.29) is 10.9 Å². The zero-order chi connectivity index (χ0) is 13.8. The topological polar surface area (TPSA) is 58.2 Å². The Bertz CT molecular complexity index is 503. The van der Waals surface area contributed by atoms with Crippen LogP contribution >= 0.6 is 11.6 Å². The first-order valence-electron chi connectivity index (χ1n) is 5.86. The minimum absolute atomic E-state index is 0.0919. The van der Waals surface area contributed by atoms with Crippen LogP contribution in [0.4, 0.5) is 0 Å². The quantitative estimate of drug-likeness (QED) is 0.844. The van der Waals surface area contributed by atoms with Crippen LogP contribution in [0, 0.1) is 0 Å². The first kappa shape index (κ1) is 15.4. The van der Waals surface area contributed by atoms with Crippen LogP contribution in [0.1, 0.15) is 25.8 Å². The Hall–Kier alpha value is -0.620. The number of halogens is 1. The summed E-state index contributed by atoms with van der Waals surface area (Å²) in [5.41, 5.74) is 0.877. The summed E-state index contributed by atoms with van der Waals surface area (Å²) in [6.07, 6.45) is 0.741. The van der Waals surface area contributed by atoms with Gasteiger partial charge in [-0.3, -0.25) is 0 Å². The van der Waals surface area contributed by atoms with Crippen molar-refractivity contribution in [2.75, 3.05) is 7.05 Å². The first-order valence-corrected chi connectivity index (χ1v) is 7.72. The predicted molar refractivity (Wildman–Crippen MR) is 74.3 cm³/mol. The van der Waals surface area contributed by atoms with Crippen LogP contribution in [0.15, 0.2) is 23.1 Å². The van der Waals surface area contributed by atoms with E-state index in [1.54, 1.807) is 12.1 Å². The van der Waals surface area contributed by atoms with Crippen molar-refractivity contribution < 1.29 is 8.42 Å². The molecule has 0 radical (unpaired) electrons. The fourth-order valence-electron chi connectivity index (χ4n) is 1.45. The van der Waals surface area contributed by atoms with Gasteiger partial charge in [0, 0.05) is 17.6 Å². The van der Waals surface area contributed by atoms with Crippen molar-refractivity contribution in [1.82, 2.24) is 10.0 Å². The lowest BCUT2D eigenvalue weighted by Crippen LogP contribution is -2.32. The highest BCUT2D eigenvalue weighted by molar-refractivity contribution is 7.89. The number of hydrogen-bond donors (Lipinski definition) is 2. The van der Waals surface area contributed by atoms with Crippen molar-refractivity contribution in [3.63, 3.8) is 0 Å². The van der Waals surface area contributed by atoms with Gasteiger partial charge in [0.1, 0.15) is 0 Å². The molecule has 0 saturated heterocycles. The molecular formula is C12H19ClN2O2S. The highest BCUT2D eigenvalue weighted by atomic mass is 35.5. The lowest BCUT2D eigenvalue weighted by molar-refractivity contribution is 0.556. The van der Waals surface area contributed by atoms with Gasteiger partial charge in [-0.05, 0) is 38.1 Å². The maximum Gasteiger partial charge on any atom is 0.240 e. The van der Waals surface area contributed by atoms with Gasteiger partial charge >= 0.3 is 0 Å². The third-order valence-corrected chi connectivity index (χ3v) is 4.61. The number of benzene rings is 1. The predicted octanol–water partition coefficient (Wildman–Crippen LogP) is 2.14. The highest BCUT2D eigenvalue weighted by Crippen LogP contribution is 2.21. The Balaban J connectivity index is 3.00. The SMILES string of the molecule is CCC(C)NS(=O)(=O)c1ccc(CNC)c(Cl)c1. The van der Waals surface area contributed by atoms with Gasteiger partial charge < -0.3 is 5.32 Å². The smallest absolute Gasteiger partial charge is 0.240 e. The monoisotopic (exact) mass is 290 g/mol. The van der Waals surface area contributed by atoms with Crippen LogP contribution in [0.3, 0.4) is 0 Å². The Morgan fingerprint density at radius 2 is 2.06 bits per heavy atom. The molecule has 0 aliphatic carbocycles. The molecule has 0 aliphatic rings. The molecule has 0 saturated carbocycles. The van der Waals surface area contributed by atoms with Crippen molar-refractivity contribution in [3.8, 4) is 0 Å². The molecule has 1 rings (SSSR count). The average molecular weight is 291 g/mol. The van der Waals surface area contributed by atoms with Crippen LogP contribution < -0.4 is 10.0 Å². The van der Waals surface area contributed by atoms with E-state index in [9.17, 15) is 8.42 Å². The molecule has 6 heteroatoms. The lowest BCUT2D eigenvalue weighted by Gasteiger charge is -2.13. The van der Waals surface area contributed by atoms with Gasteiger partial charge in [-0.2, -0.15) is 0 Å². The second kappa shape index (κ2) is 6.52. The van der Waals surface area contributed by atoms with E-state index in [0.717, 1.165) is 12.0 Å². The number of hydrogen-bond acceptors (Lipinski definition) is 3. The average Bonchev–Trinajstić information content (AvgIpc) is 2.31. The molecule has 0 fully saturated rings.